The molecule has 1 aromatic carbocycles. The molecule has 0 saturated heterocycles. The Hall–Kier alpha value is -2.11. The molecule has 1 atom stereocenters. The third-order valence-electron chi connectivity index (χ3n) is 3.34. The van der Waals surface area contributed by atoms with E-state index in [-0.39, 0.29) is 36.3 Å². The van der Waals surface area contributed by atoms with E-state index < -0.39 is 0 Å². The van der Waals surface area contributed by atoms with Crippen molar-refractivity contribution in [3.8, 4) is 0 Å². The Morgan fingerprint density at radius 3 is 2.59 bits per heavy atom. The number of hydrogen-bond donors (Lipinski definition) is 2. The molecule has 1 amide bonds. The third-order valence-corrected chi connectivity index (χ3v) is 3.34. The summed E-state index contributed by atoms with van der Waals surface area (Å²) in [5, 5.41) is 2.80. The van der Waals surface area contributed by atoms with Gasteiger partial charge in [-0.05, 0) is 18.1 Å². The topological polar surface area (TPSA) is 77.1 Å². The van der Waals surface area contributed by atoms with Crippen molar-refractivity contribution in [1.29, 1.82) is 0 Å². The van der Waals surface area contributed by atoms with E-state index in [0.29, 0.717) is 5.69 Å². The minimum absolute atomic E-state index is 0. The summed E-state index contributed by atoms with van der Waals surface area (Å²) < 4.78 is 1.43. The Labute approximate surface area is 135 Å². The quantitative estimate of drug-likeness (QED) is 0.905. The Balaban J connectivity index is 0.00000242. The number of hydrogen-bond acceptors (Lipinski definition) is 3. The lowest BCUT2D eigenvalue weighted by molar-refractivity contribution is -0.116. The smallest absolute Gasteiger partial charge is 0.250 e. The molecule has 118 valence electrons. The molecule has 22 heavy (non-hydrogen) atoms. The number of pyridine rings is 1. The highest BCUT2D eigenvalue weighted by atomic mass is 35.5. The summed E-state index contributed by atoms with van der Waals surface area (Å²) in [6, 6.07) is 10.6. The van der Waals surface area contributed by atoms with Crippen LogP contribution in [-0.4, -0.2) is 10.5 Å². The van der Waals surface area contributed by atoms with Gasteiger partial charge in [0, 0.05) is 31.8 Å². The van der Waals surface area contributed by atoms with Crippen molar-refractivity contribution in [1.82, 2.24) is 4.57 Å². The van der Waals surface area contributed by atoms with Gasteiger partial charge >= 0.3 is 0 Å². The van der Waals surface area contributed by atoms with Gasteiger partial charge in [-0.2, -0.15) is 0 Å². The van der Waals surface area contributed by atoms with Crippen molar-refractivity contribution in [3.05, 3.63) is 64.1 Å². The predicted octanol–water partition coefficient (Wildman–Crippen LogP) is 2.14. The first-order chi connectivity index (χ1) is 9.97. The minimum atomic E-state index is -0.348. The maximum Gasteiger partial charge on any atom is 0.250 e. The standard InChI is InChI=1S/C16H19N3O2.ClH/c1-11-8-16(21)19(2)10-14(11)18-15(20)9-13(17)12-6-4-3-5-7-12;/h3-8,10,13H,9,17H2,1-2H3,(H,18,20);1H. The number of nitrogens with one attached hydrogen (secondary N) is 1. The third kappa shape index (κ3) is 4.44. The van der Waals surface area contributed by atoms with Gasteiger partial charge in [0.1, 0.15) is 0 Å². The number of nitrogens with zero attached hydrogens (tertiary/aromatic N) is 1. The molecule has 2 rings (SSSR count). The first-order valence-electron chi connectivity index (χ1n) is 6.75. The van der Waals surface area contributed by atoms with Gasteiger partial charge in [0.25, 0.3) is 5.56 Å². The zero-order valence-electron chi connectivity index (χ0n) is 12.6. The molecule has 0 spiro atoms. The second kappa shape index (κ2) is 7.77. The lowest BCUT2D eigenvalue weighted by atomic mass is 10.0. The van der Waals surface area contributed by atoms with E-state index in [2.05, 4.69) is 5.32 Å². The Bertz CT molecular complexity index is 698. The van der Waals surface area contributed by atoms with Gasteiger partial charge in [-0.3, -0.25) is 9.59 Å². The molecule has 1 aromatic heterocycles. The molecule has 0 aliphatic rings. The Kier molecular flexibility index (Phi) is 6.34. The van der Waals surface area contributed by atoms with Crippen LogP contribution >= 0.6 is 12.4 Å². The molecule has 0 saturated carbocycles. The van der Waals surface area contributed by atoms with E-state index in [4.69, 9.17) is 5.73 Å². The normalized spacial score (nSPS) is 11.4. The van der Waals surface area contributed by atoms with Crippen LogP contribution in [-0.2, 0) is 11.8 Å². The predicted molar refractivity (Wildman–Crippen MR) is 90.3 cm³/mol. The molecule has 5 nitrogen and oxygen atoms in total. The van der Waals surface area contributed by atoms with E-state index in [0.717, 1.165) is 11.1 Å². The highest BCUT2D eigenvalue weighted by Gasteiger charge is 2.12. The monoisotopic (exact) mass is 321 g/mol. The molecule has 0 bridgehead atoms. The van der Waals surface area contributed by atoms with Gasteiger partial charge in [-0.25, -0.2) is 0 Å². The van der Waals surface area contributed by atoms with Crippen LogP contribution in [0.15, 0.2) is 47.4 Å². The maximum atomic E-state index is 12.1. The molecule has 0 radical (unpaired) electrons. The summed E-state index contributed by atoms with van der Waals surface area (Å²) in [5.74, 6) is -0.173. The molecule has 0 aliphatic carbocycles. The fourth-order valence-electron chi connectivity index (χ4n) is 2.07. The number of carbonyl (C=O) groups is 1. The van der Waals surface area contributed by atoms with Crippen LogP contribution in [0.3, 0.4) is 0 Å². The zero-order chi connectivity index (χ0) is 15.4. The molecule has 3 N–H and O–H groups in total. The fraction of sp³-hybridized carbons (Fsp3) is 0.250. The number of benzene rings is 1. The average Bonchev–Trinajstić information content (AvgIpc) is 2.45. The molecule has 0 fully saturated rings. The summed E-state index contributed by atoms with van der Waals surface area (Å²) >= 11 is 0. The van der Waals surface area contributed by atoms with E-state index >= 15 is 0 Å². The first-order valence-corrected chi connectivity index (χ1v) is 6.75. The lowest BCUT2D eigenvalue weighted by Gasteiger charge is -2.13. The van der Waals surface area contributed by atoms with Gasteiger partial charge in [0.15, 0.2) is 0 Å². The van der Waals surface area contributed by atoms with Crippen LogP contribution in [0.25, 0.3) is 0 Å². The van der Waals surface area contributed by atoms with E-state index in [1.54, 1.807) is 20.2 Å². The first kappa shape index (κ1) is 17.9. The second-order valence-corrected chi connectivity index (χ2v) is 5.09. The number of halogens is 1. The average molecular weight is 322 g/mol. The number of amides is 1. The number of rotatable bonds is 4. The summed E-state index contributed by atoms with van der Waals surface area (Å²) in [7, 11) is 1.65. The maximum absolute atomic E-state index is 12.1. The number of aromatic nitrogens is 1. The molecule has 0 aliphatic heterocycles. The van der Waals surface area contributed by atoms with Crippen LogP contribution in [0.1, 0.15) is 23.6 Å². The van der Waals surface area contributed by atoms with Crippen LogP contribution in [0.5, 0.6) is 0 Å². The highest BCUT2D eigenvalue weighted by Crippen LogP contribution is 2.16. The minimum Gasteiger partial charge on any atom is -0.325 e. The number of anilines is 1. The van der Waals surface area contributed by atoms with E-state index in [1.165, 1.54) is 10.6 Å². The number of nitrogens with two attached hydrogens (primary N) is 1. The van der Waals surface area contributed by atoms with Crippen molar-refractivity contribution in [2.45, 2.75) is 19.4 Å². The van der Waals surface area contributed by atoms with Gasteiger partial charge < -0.3 is 15.6 Å². The molecule has 1 heterocycles. The van der Waals surface area contributed by atoms with Gasteiger partial charge in [0.05, 0.1) is 5.69 Å². The molecule has 2 aromatic rings. The molecule has 1 unspecified atom stereocenters. The van der Waals surface area contributed by atoms with Crippen LogP contribution in [0, 0.1) is 6.92 Å². The lowest BCUT2D eigenvalue weighted by Crippen LogP contribution is -2.23. The highest BCUT2D eigenvalue weighted by molar-refractivity contribution is 5.91. The molecular formula is C16H20ClN3O2. The summed E-state index contributed by atoms with van der Waals surface area (Å²) in [4.78, 5) is 23.5. The van der Waals surface area contributed by atoms with Crippen LogP contribution in [0.4, 0.5) is 5.69 Å². The number of carbonyl (C=O) groups excluding carboxylic acids is 1. The molecular weight excluding hydrogens is 302 g/mol. The Morgan fingerprint density at radius 2 is 1.95 bits per heavy atom. The Morgan fingerprint density at radius 1 is 1.32 bits per heavy atom. The van der Waals surface area contributed by atoms with Crippen molar-refractivity contribution in [3.63, 3.8) is 0 Å². The largest absolute Gasteiger partial charge is 0.325 e. The fourth-order valence-corrected chi connectivity index (χ4v) is 2.07. The van der Waals surface area contributed by atoms with Crippen molar-refractivity contribution in [2.24, 2.45) is 12.8 Å². The molecule has 6 heteroatoms. The van der Waals surface area contributed by atoms with Crippen LogP contribution in [0.2, 0.25) is 0 Å². The van der Waals surface area contributed by atoms with Gasteiger partial charge in [0.2, 0.25) is 5.91 Å². The van der Waals surface area contributed by atoms with Gasteiger partial charge in [-0.1, -0.05) is 30.3 Å². The summed E-state index contributed by atoms with van der Waals surface area (Å²) in [5.41, 5.74) is 8.20. The second-order valence-electron chi connectivity index (χ2n) is 5.09. The SMILES string of the molecule is Cc1cc(=O)n(C)cc1NC(=O)CC(N)c1ccccc1.Cl. The van der Waals surface area contributed by atoms with E-state index in [9.17, 15) is 9.59 Å². The van der Waals surface area contributed by atoms with Gasteiger partial charge in [-0.15, -0.1) is 12.4 Å². The summed E-state index contributed by atoms with van der Waals surface area (Å²) in [6.07, 6.45) is 1.80. The zero-order valence-corrected chi connectivity index (χ0v) is 13.4. The van der Waals surface area contributed by atoms with Crippen molar-refractivity contribution >= 4 is 24.0 Å². The van der Waals surface area contributed by atoms with E-state index in [1.807, 2.05) is 30.3 Å². The van der Waals surface area contributed by atoms with Crippen LogP contribution < -0.4 is 16.6 Å². The summed E-state index contributed by atoms with van der Waals surface area (Å²) in [6.45, 7) is 1.79. The van der Waals surface area contributed by atoms with Crippen molar-refractivity contribution < 1.29 is 4.79 Å². The van der Waals surface area contributed by atoms with Crippen molar-refractivity contribution in [2.75, 3.05) is 5.32 Å². The number of aryl methyl sites for hydroxylation is 2.